The molecule has 1 aliphatic rings. The molecule has 1 amide bonds. The number of aliphatic hydroxyl groups is 1. The number of hydrogen-bond donors (Lipinski definition) is 1. The number of rotatable bonds is 4. The number of hydrogen-bond acceptors (Lipinski definition) is 3. The van der Waals surface area contributed by atoms with Crippen LogP contribution in [-0.2, 0) is 4.79 Å². The summed E-state index contributed by atoms with van der Waals surface area (Å²) in [6.45, 7) is 6.11. The lowest BCUT2D eigenvalue weighted by atomic mass is 9.99. The topological polar surface area (TPSA) is 40.5 Å². The lowest BCUT2D eigenvalue weighted by Crippen LogP contribution is -2.44. The van der Waals surface area contributed by atoms with Crippen LogP contribution >= 0.6 is 11.8 Å². The van der Waals surface area contributed by atoms with Gasteiger partial charge in [-0.25, -0.2) is 0 Å². The Morgan fingerprint density at radius 2 is 2.11 bits per heavy atom. The van der Waals surface area contributed by atoms with Crippen LogP contribution in [-0.4, -0.2) is 40.4 Å². The normalized spacial score (nSPS) is 19.3. The number of thioether (sulfide) groups is 1. The number of aliphatic hydroxyl groups excluding tert-OH is 1. The first-order valence-electron chi connectivity index (χ1n) is 6.71. The number of fused-ring (bicyclic) bond motifs is 1. The summed E-state index contributed by atoms with van der Waals surface area (Å²) in [5, 5.41) is 9.56. The van der Waals surface area contributed by atoms with Gasteiger partial charge in [0.25, 0.3) is 0 Å². The molecule has 0 aliphatic carbocycles. The summed E-state index contributed by atoms with van der Waals surface area (Å²) in [5.41, 5.74) is 1.13. The Morgan fingerprint density at radius 3 is 2.74 bits per heavy atom. The third-order valence-electron chi connectivity index (χ3n) is 3.37. The van der Waals surface area contributed by atoms with Gasteiger partial charge in [-0.2, -0.15) is 0 Å². The maximum Gasteiger partial charge on any atom is 0.231 e. The van der Waals surface area contributed by atoms with Crippen LogP contribution in [0.25, 0.3) is 0 Å². The second-order valence-electron chi connectivity index (χ2n) is 5.33. The molecule has 0 bridgehead atoms. The summed E-state index contributed by atoms with van der Waals surface area (Å²) >= 11 is 1.74. The molecule has 1 aromatic rings. The molecule has 1 heterocycles. The van der Waals surface area contributed by atoms with Gasteiger partial charge in [-0.1, -0.05) is 18.2 Å². The number of carbonyl (C=O) groups is 1. The molecule has 0 aromatic heterocycles. The van der Waals surface area contributed by atoms with Crippen molar-refractivity contribution in [1.29, 1.82) is 0 Å². The van der Waals surface area contributed by atoms with Gasteiger partial charge in [-0.15, -0.1) is 11.8 Å². The van der Waals surface area contributed by atoms with Crippen molar-refractivity contribution in [2.75, 3.05) is 12.3 Å². The predicted molar refractivity (Wildman–Crippen MR) is 78.4 cm³/mol. The van der Waals surface area contributed by atoms with Crippen LogP contribution < -0.4 is 0 Å². The van der Waals surface area contributed by atoms with E-state index in [1.165, 1.54) is 4.90 Å². The van der Waals surface area contributed by atoms with E-state index in [-0.39, 0.29) is 17.9 Å². The van der Waals surface area contributed by atoms with Crippen molar-refractivity contribution in [3.05, 3.63) is 29.8 Å². The zero-order valence-corrected chi connectivity index (χ0v) is 12.5. The third-order valence-corrected chi connectivity index (χ3v) is 4.55. The van der Waals surface area contributed by atoms with E-state index in [9.17, 15) is 9.90 Å². The second-order valence-corrected chi connectivity index (χ2v) is 6.40. The van der Waals surface area contributed by atoms with Crippen LogP contribution in [0.4, 0.5) is 0 Å². The van der Waals surface area contributed by atoms with Crippen molar-refractivity contribution >= 4 is 17.7 Å². The zero-order chi connectivity index (χ0) is 14.0. The molecule has 2 rings (SSSR count). The summed E-state index contributed by atoms with van der Waals surface area (Å²) in [7, 11) is 0. The number of carbonyl (C=O) groups excluding carboxylic acids is 1. The summed E-state index contributed by atoms with van der Waals surface area (Å²) in [4.78, 5) is 15.7. The molecule has 0 spiro atoms. The molecule has 1 aromatic carbocycles. The highest BCUT2D eigenvalue weighted by molar-refractivity contribution is 7.99. The Bertz CT molecular complexity index is 459. The summed E-state index contributed by atoms with van der Waals surface area (Å²) in [6.07, 6.45) is -0.490. The maximum absolute atomic E-state index is 12.7. The molecule has 1 N–H and O–H groups in total. The molecule has 19 heavy (non-hydrogen) atoms. The lowest BCUT2D eigenvalue weighted by molar-refractivity contribution is -0.135. The van der Waals surface area contributed by atoms with Gasteiger partial charge in [-0.3, -0.25) is 4.79 Å². The molecule has 4 heteroatoms. The van der Waals surface area contributed by atoms with Gasteiger partial charge in [0.05, 0.1) is 12.0 Å². The van der Waals surface area contributed by atoms with Crippen LogP contribution in [0, 0.1) is 0 Å². The van der Waals surface area contributed by atoms with E-state index in [1.54, 1.807) is 23.6 Å². The third kappa shape index (κ3) is 3.12. The molecule has 1 aliphatic heterocycles. The molecular formula is C15H21NO2S. The lowest BCUT2D eigenvalue weighted by Gasteiger charge is -2.30. The second kappa shape index (κ2) is 5.97. The van der Waals surface area contributed by atoms with Crippen molar-refractivity contribution < 1.29 is 9.90 Å². The van der Waals surface area contributed by atoms with Crippen LogP contribution in [0.3, 0.4) is 0 Å². The van der Waals surface area contributed by atoms with E-state index < -0.39 is 6.10 Å². The predicted octanol–water partition coefficient (Wildman–Crippen LogP) is 2.49. The Morgan fingerprint density at radius 1 is 1.42 bits per heavy atom. The van der Waals surface area contributed by atoms with E-state index in [1.807, 2.05) is 32.0 Å². The summed E-state index contributed by atoms with van der Waals surface area (Å²) in [6, 6.07) is 8.22. The fourth-order valence-corrected chi connectivity index (χ4v) is 3.63. The van der Waals surface area contributed by atoms with Crippen molar-refractivity contribution in [1.82, 2.24) is 4.90 Å². The minimum absolute atomic E-state index is 0.0673. The highest BCUT2D eigenvalue weighted by atomic mass is 32.2. The van der Waals surface area contributed by atoms with Gasteiger partial charge in [-0.05, 0) is 32.4 Å². The average molecular weight is 279 g/mol. The highest BCUT2D eigenvalue weighted by Gasteiger charge is 2.33. The van der Waals surface area contributed by atoms with Crippen molar-refractivity contribution in [2.24, 2.45) is 0 Å². The van der Waals surface area contributed by atoms with E-state index in [2.05, 4.69) is 6.07 Å². The maximum atomic E-state index is 12.7. The van der Waals surface area contributed by atoms with Gasteiger partial charge in [0.15, 0.2) is 0 Å². The molecule has 0 radical (unpaired) electrons. The smallest absolute Gasteiger partial charge is 0.231 e. The van der Waals surface area contributed by atoms with Gasteiger partial charge < -0.3 is 10.0 Å². The van der Waals surface area contributed by atoms with E-state index in [0.29, 0.717) is 6.54 Å². The van der Waals surface area contributed by atoms with Gasteiger partial charge in [0, 0.05) is 23.2 Å². The van der Waals surface area contributed by atoms with Gasteiger partial charge >= 0.3 is 0 Å². The van der Waals surface area contributed by atoms with Gasteiger partial charge in [0.2, 0.25) is 5.91 Å². The molecule has 3 nitrogen and oxygen atoms in total. The molecule has 0 saturated carbocycles. The quantitative estimate of drug-likeness (QED) is 0.920. The molecule has 0 fully saturated rings. The molecule has 104 valence electrons. The Labute approximate surface area is 119 Å². The van der Waals surface area contributed by atoms with Gasteiger partial charge in [0.1, 0.15) is 0 Å². The molecule has 2 unspecified atom stereocenters. The zero-order valence-electron chi connectivity index (χ0n) is 11.7. The number of benzene rings is 1. The average Bonchev–Trinajstić information content (AvgIpc) is 2.78. The van der Waals surface area contributed by atoms with Crippen molar-refractivity contribution in [3.63, 3.8) is 0 Å². The first-order valence-corrected chi connectivity index (χ1v) is 7.69. The molecule has 2 atom stereocenters. The molecular weight excluding hydrogens is 258 g/mol. The first-order chi connectivity index (χ1) is 9.00. The fraction of sp³-hybridized carbons (Fsp3) is 0.533. The van der Waals surface area contributed by atoms with Crippen molar-refractivity contribution in [2.45, 2.75) is 43.7 Å². The summed E-state index contributed by atoms with van der Waals surface area (Å²) < 4.78 is 0. The number of nitrogens with zero attached hydrogens (tertiary/aromatic N) is 1. The number of amides is 1. The Hall–Kier alpha value is -1.00. The van der Waals surface area contributed by atoms with Crippen LogP contribution in [0.1, 0.15) is 32.3 Å². The monoisotopic (exact) mass is 279 g/mol. The highest BCUT2D eigenvalue weighted by Crippen LogP contribution is 2.40. The minimum Gasteiger partial charge on any atom is -0.392 e. The first kappa shape index (κ1) is 14.4. The van der Waals surface area contributed by atoms with E-state index >= 15 is 0 Å². The Balaban J connectivity index is 2.19. The van der Waals surface area contributed by atoms with Crippen LogP contribution in [0.15, 0.2) is 29.2 Å². The standard InChI is InChI=1S/C15H21NO2S/c1-10(2)16(8-11(3)17)15(18)13-9-19-14-7-5-4-6-12(13)14/h4-7,10-11,13,17H,8-9H2,1-3H3. The minimum atomic E-state index is -0.490. The van der Waals surface area contributed by atoms with E-state index in [0.717, 1.165) is 11.3 Å². The largest absolute Gasteiger partial charge is 0.392 e. The Kier molecular flexibility index (Phi) is 4.53. The SMILES string of the molecule is CC(O)CN(C(=O)C1CSc2ccccc21)C(C)C. The fourth-order valence-electron chi connectivity index (χ4n) is 2.41. The van der Waals surface area contributed by atoms with Crippen LogP contribution in [0.2, 0.25) is 0 Å². The summed E-state index contributed by atoms with van der Waals surface area (Å²) in [5.74, 6) is 0.872. The van der Waals surface area contributed by atoms with Crippen LogP contribution in [0.5, 0.6) is 0 Å². The molecule has 0 saturated heterocycles. The van der Waals surface area contributed by atoms with E-state index in [4.69, 9.17) is 0 Å². The van der Waals surface area contributed by atoms with Crippen molar-refractivity contribution in [3.8, 4) is 0 Å².